The molecule has 2 N–H and O–H groups in total. The first-order chi connectivity index (χ1) is 8.59. The van der Waals surface area contributed by atoms with Gasteiger partial charge >= 0.3 is 0 Å². The monoisotopic (exact) mass is 247 g/mol. The number of rotatable bonds is 3. The number of benzene rings is 1. The van der Waals surface area contributed by atoms with Gasteiger partial charge in [-0.25, -0.2) is 0 Å². The smallest absolute Gasteiger partial charge is 0.0501 e. The van der Waals surface area contributed by atoms with E-state index in [-0.39, 0.29) is 5.54 Å². The van der Waals surface area contributed by atoms with Crippen molar-refractivity contribution in [1.82, 2.24) is 4.90 Å². The normalized spacial score (nSPS) is 24.6. The fraction of sp³-hybridized carbons (Fsp3) is 0.600. The first-order valence-electron chi connectivity index (χ1n) is 6.77. The summed E-state index contributed by atoms with van der Waals surface area (Å²) >= 11 is 0. The van der Waals surface area contributed by atoms with E-state index in [9.17, 15) is 0 Å². The van der Waals surface area contributed by atoms with Crippen LogP contribution in [0.3, 0.4) is 0 Å². The highest BCUT2D eigenvalue weighted by atomic mass is 15.3. The van der Waals surface area contributed by atoms with Crippen molar-refractivity contribution in [3.63, 3.8) is 0 Å². The van der Waals surface area contributed by atoms with Crippen molar-refractivity contribution in [3.8, 4) is 0 Å². The molecule has 3 heteroatoms. The maximum atomic E-state index is 6.05. The molecule has 100 valence electrons. The van der Waals surface area contributed by atoms with Crippen LogP contribution in [0.5, 0.6) is 0 Å². The summed E-state index contributed by atoms with van der Waals surface area (Å²) in [5, 5.41) is 0. The summed E-state index contributed by atoms with van der Waals surface area (Å²) < 4.78 is 0. The fourth-order valence-corrected chi connectivity index (χ4v) is 2.95. The van der Waals surface area contributed by atoms with Gasteiger partial charge in [0.1, 0.15) is 0 Å². The zero-order chi connectivity index (χ0) is 13.2. The molecule has 1 aliphatic heterocycles. The van der Waals surface area contributed by atoms with E-state index in [4.69, 9.17) is 5.73 Å². The van der Waals surface area contributed by atoms with Crippen LogP contribution in [0.25, 0.3) is 0 Å². The third-order valence-corrected chi connectivity index (χ3v) is 4.34. The van der Waals surface area contributed by atoms with E-state index in [1.807, 2.05) is 0 Å². The SMILES string of the molecule is Cc1ccccc1N1CCCC(CN)(N(C)C)C1. The van der Waals surface area contributed by atoms with Crippen molar-refractivity contribution in [2.45, 2.75) is 25.3 Å². The molecule has 0 spiro atoms. The highest BCUT2D eigenvalue weighted by Gasteiger charge is 2.36. The second-order valence-corrected chi connectivity index (χ2v) is 5.63. The minimum atomic E-state index is 0.126. The van der Waals surface area contributed by atoms with E-state index in [1.54, 1.807) is 0 Å². The van der Waals surface area contributed by atoms with Gasteiger partial charge in [-0.05, 0) is 45.5 Å². The zero-order valence-corrected chi connectivity index (χ0v) is 11.8. The van der Waals surface area contributed by atoms with Crippen LogP contribution in [0.2, 0.25) is 0 Å². The van der Waals surface area contributed by atoms with Gasteiger partial charge < -0.3 is 15.5 Å². The second-order valence-electron chi connectivity index (χ2n) is 5.63. The van der Waals surface area contributed by atoms with Crippen molar-refractivity contribution in [3.05, 3.63) is 29.8 Å². The zero-order valence-electron chi connectivity index (χ0n) is 11.8. The topological polar surface area (TPSA) is 32.5 Å². The molecule has 1 aromatic carbocycles. The standard InChI is InChI=1S/C15H25N3/c1-13-7-4-5-8-14(13)18-10-6-9-15(11-16,12-18)17(2)3/h4-5,7-8H,6,9-12,16H2,1-3H3. The van der Waals surface area contributed by atoms with Crippen molar-refractivity contribution in [1.29, 1.82) is 0 Å². The molecule has 18 heavy (non-hydrogen) atoms. The predicted octanol–water partition coefficient (Wildman–Crippen LogP) is 1.85. The van der Waals surface area contributed by atoms with Gasteiger partial charge in [0.15, 0.2) is 0 Å². The fourth-order valence-electron chi connectivity index (χ4n) is 2.95. The average molecular weight is 247 g/mol. The molecule has 1 aliphatic rings. The highest BCUT2D eigenvalue weighted by Crippen LogP contribution is 2.30. The van der Waals surface area contributed by atoms with E-state index in [2.05, 4.69) is 55.1 Å². The number of aryl methyl sites for hydroxylation is 1. The van der Waals surface area contributed by atoms with Gasteiger partial charge in [-0.3, -0.25) is 0 Å². The van der Waals surface area contributed by atoms with Crippen LogP contribution in [-0.2, 0) is 0 Å². The molecule has 0 aromatic heterocycles. The summed E-state index contributed by atoms with van der Waals surface area (Å²) in [6.45, 7) is 5.08. The molecule has 0 amide bonds. The highest BCUT2D eigenvalue weighted by molar-refractivity contribution is 5.53. The molecule has 3 nitrogen and oxygen atoms in total. The molecule has 1 saturated heterocycles. The lowest BCUT2D eigenvalue weighted by molar-refractivity contribution is 0.135. The molecule has 0 saturated carbocycles. The van der Waals surface area contributed by atoms with E-state index >= 15 is 0 Å². The summed E-state index contributed by atoms with van der Waals surface area (Å²) in [5.74, 6) is 0. The number of anilines is 1. The lowest BCUT2D eigenvalue weighted by atomic mass is 9.87. The Morgan fingerprint density at radius 3 is 2.67 bits per heavy atom. The van der Waals surface area contributed by atoms with E-state index in [1.165, 1.54) is 24.1 Å². The van der Waals surface area contributed by atoms with Gasteiger partial charge in [0.25, 0.3) is 0 Å². The number of nitrogens with zero attached hydrogens (tertiary/aromatic N) is 2. The minimum Gasteiger partial charge on any atom is -0.369 e. The summed E-state index contributed by atoms with van der Waals surface area (Å²) in [7, 11) is 4.29. The molecule has 1 atom stereocenters. The predicted molar refractivity (Wildman–Crippen MR) is 78.1 cm³/mol. The Labute approximate surface area is 111 Å². The van der Waals surface area contributed by atoms with Crippen LogP contribution in [0, 0.1) is 6.92 Å². The number of likely N-dealkylation sites (N-methyl/N-ethyl adjacent to an activating group) is 1. The number of hydrogen-bond donors (Lipinski definition) is 1. The molecule has 0 bridgehead atoms. The Morgan fingerprint density at radius 1 is 1.33 bits per heavy atom. The molecule has 1 fully saturated rings. The third-order valence-electron chi connectivity index (χ3n) is 4.34. The van der Waals surface area contributed by atoms with Crippen LogP contribution >= 0.6 is 0 Å². The maximum Gasteiger partial charge on any atom is 0.0501 e. The molecule has 1 unspecified atom stereocenters. The van der Waals surface area contributed by atoms with Gasteiger partial charge in [0.2, 0.25) is 0 Å². The first-order valence-corrected chi connectivity index (χ1v) is 6.77. The Balaban J connectivity index is 2.24. The van der Waals surface area contributed by atoms with E-state index < -0.39 is 0 Å². The van der Waals surface area contributed by atoms with Crippen molar-refractivity contribution in [2.75, 3.05) is 38.6 Å². The number of hydrogen-bond acceptors (Lipinski definition) is 3. The van der Waals surface area contributed by atoms with Crippen LogP contribution in [0.4, 0.5) is 5.69 Å². The lowest BCUT2D eigenvalue weighted by Crippen LogP contribution is -2.60. The van der Waals surface area contributed by atoms with Gasteiger partial charge in [0, 0.05) is 25.3 Å². The molecular formula is C15H25N3. The number of piperidine rings is 1. The Bertz CT molecular complexity index is 402. The lowest BCUT2D eigenvalue weighted by Gasteiger charge is -2.47. The van der Waals surface area contributed by atoms with Crippen LogP contribution in [0.1, 0.15) is 18.4 Å². The Kier molecular flexibility index (Phi) is 3.93. The number of nitrogens with two attached hydrogens (primary N) is 1. The van der Waals surface area contributed by atoms with Gasteiger partial charge in [-0.1, -0.05) is 18.2 Å². The van der Waals surface area contributed by atoms with Crippen LogP contribution < -0.4 is 10.6 Å². The van der Waals surface area contributed by atoms with Crippen molar-refractivity contribution in [2.24, 2.45) is 5.73 Å². The van der Waals surface area contributed by atoms with Crippen molar-refractivity contribution >= 4 is 5.69 Å². The summed E-state index contributed by atoms with van der Waals surface area (Å²) in [6.07, 6.45) is 2.41. The van der Waals surface area contributed by atoms with Gasteiger partial charge in [-0.15, -0.1) is 0 Å². The minimum absolute atomic E-state index is 0.126. The second kappa shape index (κ2) is 5.29. The summed E-state index contributed by atoms with van der Waals surface area (Å²) in [6, 6.07) is 8.63. The summed E-state index contributed by atoms with van der Waals surface area (Å²) in [4.78, 5) is 4.79. The molecule has 2 rings (SSSR count). The maximum absolute atomic E-state index is 6.05. The average Bonchev–Trinajstić information content (AvgIpc) is 2.39. The van der Waals surface area contributed by atoms with Crippen molar-refractivity contribution < 1.29 is 0 Å². The van der Waals surface area contributed by atoms with E-state index in [0.717, 1.165) is 19.6 Å². The van der Waals surface area contributed by atoms with E-state index in [0.29, 0.717) is 0 Å². The largest absolute Gasteiger partial charge is 0.369 e. The molecular weight excluding hydrogens is 222 g/mol. The molecule has 1 aromatic rings. The molecule has 1 heterocycles. The van der Waals surface area contributed by atoms with Crippen LogP contribution in [0.15, 0.2) is 24.3 Å². The van der Waals surface area contributed by atoms with Gasteiger partial charge in [0.05, 0.1) is 5.54 Å². The first kappa shape index (κ1) is 13.4. The van der Waals surface area contributed by atoms with Crippen LogP contribution in [-0.4, -0.2) is 44.2 Å². The Morgan fingerprint density at radius 2 is 2.06 bits per heavy atom. The molecule has 0 aliphatic carbocycles. The quantitative estimate of drug-likeness (QED) is 0.885. The number of para-hydroxylation sites is 1. The Hall–Kier alpha value is -1.06. The van der Waals surface area contributed by atoms with Gasteiger partial charge in [-0.2, -0.15) is 0 Å². The third kappa shape index (κ3) is 2.38. The summed E-state index contributed by atoms with van der Waals surface area (Å²) in [5.41, 5.74) is 8.88. The molecule has 0 radical (unpaired) electrons.